The number of benzene rings is 1. The van der Waals surface area contributed by atoms with Crippen LogP contribution < -0.4 is 9.47 Å². The Hall–Kier alpha value is -0.650. The molecule has 1 saturated carbocycles. The molecule has 0 bridgehead atoms. The molecule has 0 spiro atoms. The molecule has 0 amide bonds. The maximum atomic E-state index is 11.1. The van der Waals surface area contributed by atoms with Crippen LogP contribution in [0.15, 0.2) is 12.1 Å². The van der Waals surface area contributed by atoms with Crippen LogP contribution in [0.2, 0.25) is 5.02 Å². The van der Waals surface area contributed by atoms with Crippen molar-refractivity contribution in [3.8, 4) is 11.5 Å². The van der Waals surface area contributed by atoms with Crippen LogP contribution in [0, 0.1) is 5.92 Å². The van der Waals surface area contributed by atoms with Gasteiger partial charge < -0.3 is 9.47 Å². The van der Waals surface area contributed by atoms with Gasteiger partial charge in [0.05, 0.1) is 24.5 Å². The molecule has 106 valence electrons. The summed E-state index contributed by atoms with van der Waals surface area (Å²) < 4.78 is 33.0. The van der Waals surface area contributed by atoms with E-state index in [1.807, 2.05) is 0 Å². The van der Waals surface area contributed by atoms with Gasteiger partial charge in [-0.2, -0.15) is 0 Å². The maximum absolute atomic E-state index is 11.1. The SMILES string of the molecule is COc1c(Cl)cc(CS(=O)(=O)Cl)cc1OCC1CC1. The van der Waals surface area contributed by atoms with E-state index in [1.54, 1.807) is 6.07 Å². The van der Waals surface area contributed by atoms with Gasteiger partial charge in [-0.15, -0.1) is 0 Å². The molecular formula is C12H14Cl2O4S. The Morgan fingerprint density at radius 1 is 1.37 bits per heavy atom. The summed E-state index contributed by atoms with van der Waals surface area (Å²) in [5.41, 5.74) is 0.478. The molecule has 0 atom stereocenters. The van der Waals surface area contributed by atoms with Gasteiger partial charge in [-0.3, -0.25) is 0 Å². The van der Waals surface area contributed by atoms with Gasteiger partial charge >= 0.3 is 0 Å². The van der Waals surface area contributed by atoms with Crippen molar-refractivity contribution in [1.29, 1.82) is 0 Å². The van der Waals surface area contributed by atoms with Gasteiger partial charge in [-0.25, -0.2) is 8.42 Å². The summed E-state index contributed by atoms with van der Waals surface area (Å²) in [6.07, 6.45) is 2.32. The van der Waals surface area contributed by atoms with Gasteiger partial charge in [-0.05, 0) is 36.5 Å². The fraction of sp³-hybridized carbons (Fsp3) is 0.500. The highest BCUT2D eigenvalue weighted by Crippen LogP contribution is 2.38. The number of methoxy groups -OCH3 is 1. The van der Waals surface area contributed by atoms with Crippen molar-refractivity contribution in [2.75, 3.05) is 13.7 Å². The minimum Gasteiger partial charge on any atom is -0.491 e. The van der Waals surface area contributed by atoms with E-state index in [2.05, 4.69) is 0 Å². The zero-order valence-corrected chi connectivity index (χ0v) is 12.7. The third-order valence-electron chi connectivity index (χ3n) is 2.78. The Bertz CT molecular complexity index is 567. The standard InChI is InChI=1S/C12H14Cl2O4S/c1-17-12-10(13)4-9(7-19(14,15)16)5-11(12)18-6-8-2-3-8/h4-5,8H,2-3,6-7H2,1H3. The van der Waals surface area contributed by atoms with E-state index in [0.29, 0.717) is 34.6 Å². The summed E-state index contributed by atoms with van der Waals surface area (Å²) >= 11 is 6.05. The molecule has 1 aromatic rings. The van der Waals surface area contributed by atoms with Crippen LogP contribution in [0.25, 0.3) is 0 Å². The Balaban J connectivity index is 2.25. The first kappa shape index (κ1) is 14.8. The Labute approximate surface area is 122 Å². The van der Waals surface area contributed by atoms with E-state index in [9.17, 15) is 8.42 Å². The minimum atomic E-state index is -3.63. The molecule has 1 aliphatic rings. The second-order valence-electron chi connectivity index (χ2n) is 4.55. The summed E-state index contributed by atoms with van der Waals surface area (Å²) in [6.45, 7) is 0.587. The lowest BCUT2D eigenvalue weighted by atomic mass is 10.2. The number of halogens is 2. The summed E-state index contributed by atoms with van der Waals surface area (Å²) in [7, 11) is 3.10. The Morgan fingerprint density at radius 3 is 2.58 bits per heavy atom. The van der Waals surface area contributed by atoms with Gasteiger partial charge in [0.15, 0.2) is 11.5 Å². The fourth-order valence-electron chi connectivity index (χ4n) is 1.70. The molecule has 7 heteroatoms. The predicted molar refractivity (Wildman–Crippen MR) is 74.7 cm³/mol. The molecule has 0 heterocycles. The molecule has 19 heavy (non-hydrogen) atoms. The van der Waals surface area contributed by atoms with Crippen LogP contribution in [0.4, 0.5) is 0 Å². The highest BCUT2D eigenvalue weighted by molar-refractivity contribution is 8.13. The van der Waals surface area contributed by atoms with Crippen molar-refractivity contribution >= 4 is 31.3 Å². The second kappa shape index (κ2) is 5.77. The van der Waals surface area contributed by atoms with E-state index in [-0.39, 0.29) is 5.75 Å². The van der Waals surface area contributed by atoms with E-state index < -0.39 is 9.05 Å². The van der Waals surface area contributed by atoms with Crippen LogP contribution >= 0.6 is 22.3 Å². The van der Waals surface area contributed by atoms with E-state index in [0.717, 1.165) is 12.8 Å². The van der Waals surface area contributed by atoms with Crippen molar-refractivity contribution in [1.82, 2.24) is 0 Å². The molecular weight excluding hydrogens is 311 g/mol. The number of hydrogen-bond acceptors (Lipinski definition) is 4. The summed E-state index contributed by atoms with van der Waals surface area (Å²) in [6, 6.07) is 3.12. The van der Waals surface area contributed by atoms with E-state index in [4.69, 9.17) is 31.8 Å². The minimum absolute atomic E-state index is 0.294. The lowest BCUT2D eigenvalue weighted by Gasteiger charge is -2.13. The number of ether oxygens (including phenoxy) is 2. The normalized spacial score (nSPS) is 15.3. The van der Waals surface area contributed by atoms with Gasteiger partial charge in [-0.1, -0.05) is 11.6 Å². The average molecular weight is 325 g/mol. The fourth-order valence-corrected chi connectivity index (χ4v) is 2.95. The highest BCUT2D eigenvalue weighted by atomic mass is 35.7. The second-order valence-corrected chi connectivity index (χ2v) is 7.73. The first-order valence-corrected chi connectivity index (χ1v) is 8.66. The van der Waals surface area contributed by atoms with Crippen LogP contribution in [0.1, 0.15) is 18.4 Å². The zero-order valence-electron chi connectivity index (χ0n) is 10.4. The van der Waals surface area contributed by atoms with Crippen molar-refractivity contribution in [2.45, 2.75) is 18.6 Å². The van der Waals surface area contributed by atoms with E-state index in [1.165, 1.54) is 13.2 Å². The number of rotatable bonds is 6. The van der Waals surface area contributed by atoms with Crippen LogP contribution in [-0.2, 0) is 14.8 Å². The van der Waals surface area contributed by atoms with Crippen LogP contribution in [0.5, 0.6) is 11.5 Å². The smallest absolute Gasteiger partial charge is 0.236 e. The molecule has 0 unspecified atom stereocenters. The Morgan fingerprint density at radius 2 is 2.05 bits per heavy atom. The van der Waals surface area contributed by atoms with Crippen molar-refractivity contribution in [3.63, 3.8) is 0 Å². The molecule has 2 rings (SSSR count). The van der Waals surface area contributed by atoms with Crippen LogP contribution in [-0.4, -0.2) is 22.1 Å². The van der Waals surface area contributed by atoms with Gasteiger partial charge in [0.1, 0.15) is 0 Å². The van der Waals surface area contributed by atoms with Crippen molar-refractivity contribution < 1.29 is 17.9 Å². The third kappa shape index (κ3) is 4.44. The zero-order chi connectivity index (χ0) is 14.0. The highest BCUT2D eigenvalue weighted by Gasteiger charge is 2.23. The predicted octanol–water partition coefficient (Wildman–Crippen LogP) is 3.21. The molecule has 1 fully saturated rings. The molecule has 0 aromatic heterocycles. The summed E-state index contributed by atoms with van der Waals surface area (Å²) in [4.78, 5) is 0. The molecule has 0 N–H and O–H groups in total. The molecule has 0 aliphatic heterocycles. The molecule has 1 aromatic carbocycles. The van der Waals surface area contributed by atoms with Gasteiger partial charge in [0.25, 0.3) is 0 Å². The van der Waals surface area contributed by atoms with Crippen molar-refractivity contribution in [3.05, 3.63) is 22.7 Å². The molecule has 0 saturated heterocycles. The lowest BCUT2D eigenvalue weighted by Crippen LogP contribution is -2.03. The quantitative estimate of drug-likeness (QED) is 0.754. The monoisotopic (exact) mass is 324 g/mol. The first-order valence-electron chi connectivity index (χ1n) is 5.80. The average Bonchev–Trinajstić information content (AvgIpc) is 3.07. The van der Waals surface area contributed by atoms with E-state index >= 15 is 0 Å². The topological polar surface area (TPSA) is 52.6 Å². The molecule has 4 nitrogen and oxygen atoms in total. The third-order valence-corrected chi connectivity index (χ3v) is 4.07. The van der Waals surface area contributed by atoms with Crippen molar-refractivity contribution in [2.24, 2.45) is 5.92 Å². The lowest BCUT2D eigenvalue weighted by molar-refractivity contribution is 0.280. The summed E-state index contributed by atoms with van der Waals surface area (Å²) in [5.74, 6) is 1.15. The summed E-state index contributed by atoms with van der Waals surface area (Å²) in [5, 5.41) is 0.311. The molecule has 0 radical (unpaired) electrons. The van der Waals surface area contributed by atoms with Gasteiger partial charge in [0, 0.05) is 10.7 Å². The number of hydrogen-bond donors (Lipinski definition) is 0. The van der Waals surface area contributed by atoms with Crippen LogP contribution in [0.3, 0.4) is 0 Å². The Kier molecular flexibility index (Phi) is 4.48. The van der Waals surface area contributed by atoms with Gasteiger partial charge in [0.2, 0.25) is 9.05 Å². The maximum Gasteiger partial charge on any atom is 0.236 e. The first-order chi connectivity index (χ1) is 8.89. The largest absolute Gasteiger partial charge is 0.491 e. The molecule has 1 aliphatic carbocycles.